The zero-order chi connectivity index (χ0) is 14.2. The van der Waals surface area contributed by atoms with Crippen LogP contribution >= 0.6 is 0 Å². The van der Waals surface area contributed by atoms with Gasteiger partial charge in [0, 0.05) is 18.0 Å². The van der Waals surface area contributed by atoms with Gasteiger partial charge in [-0.05, 0) is 17.4 Å². The molecule has 5 heteroatoms. The minimum Gasteiger partial charge on any atom is -0.352 e. The first-order chi connectivity index (χ1) is 9.56. The predicted octanol–water partition coefficient (Wildman–Crippen LogP) is 2.40. The molecule has 1 saturated carbocycles. The molecule has 1 aromatic carbocycles. The number of nitrogens with zero attached hydrogens (tertiary/aromatic N) is 2. The SMILES string of the molecule is CC1(C)C[C@H]1C(=O)NCc1ccc(-c2ncon2)cc1. The topological polar surface area (TPSA) is 68.0 Å². The van der Waals surface area contributed by atoms with Crippen molar-refractivity contribution in [2.45, 2.75) is 26.8 Å². The van der Waals surface area contributed by atoms with E-state index in [1.165, 1.54) is 6.39 Å². The van der Waals surface area contributed by atoms with Crippen molar-refractivity contribution >= 4 is 5.91 Å². The molecule has 1 fully saturated rings. The van der Waals surface area contributed by atoms with Gasteiger partial charge >= 0.3 is 0 Å². The summed E-state index contributed by atoms with van der Waals surface area (Å²) in [5, 5.41) is 6.76. The van der Waals surface area contributed by atoms with Gasteiger partial charge in [-0.15, -0.1) is 0 Å². The van der Waals surface area contributed by atoms with Gasteiger partial charge in [0.1, 0.15) is 0 Å². The summed E-state index contributed by atoms with van der Waals surface area (Å²) in [5.74, 6) is 0.888. The van der Waals surface area contributed by atoms with Crippen molar-refractivity contribution in [3.05, 3.63) is 36.2 Å². The van der Waals surface area contributed by atoms with Crippen LogP contribution < -0.4 is 5.32 Å². The van der Waals surface area contributed by atoms with Gasteiger partial charge in [0.25, 0.3) is 0 Å². The summed E-state index contributed by atoms with van der Waals surface area (Å²) in [7, 11) is 0. The van der Waals surface area contributed by atoms with Gasteiger partial charge in [0.15, 0.2) is 0 Å². The number of carbonyl (C=O) groups excluding carboxylic acids is 1. The van der Waals surface area contributed by atoms with Gasteiger partial charge in [0.05, 0.1) is 0 Å². The van der Waals surface area contributed by atoms with Crippen LogP contribution in [0.25, 0.3) is 11.4 Å². The van der Waals surface area contributed by atoms with E-state index in [2.05, 4.69) is 29.3 Å². The molecule has 0 saturated heterocycles. The largest absolute Gasteiger partial charge is 0.352 e. The van der Waals surface area contributed by atoms with E-state index in [0.29, 0.717) is 12.4 Å². The number of amides is 1. The van der Waals surface area contributed by atoms with Crippen LogP contribution in [0.5, 0.6) is 0 Å². The smallest absolute Gasteiger partial charge is 0.223 e. The summed E-state index contributed by atoms with van der Waals surface area (Å²) in [6.07, 6.45) is 2.29. The minimum absolute atomic E-state index is 0.150. The van der Waals surface area contributed by atoms with Crippen LogP contribution in [0.3, 0.4) is 0 Å². The maximum Gasteiger partial charge on any atom is 0.223 e. The third-order valence-corrected chi connectivity index (χ3v) is 3.87. The molecule has 3 rings (SSSR count). The lowest BCUT2D eigenvalue weighted by Crippen LogP contribution is -2.25. The molecule has 2 aromatic rings. The van der Waals surface area contributed by atoms with Crippen molar-refractivity contribution in [3.8, 4) is 11.4 Å². The maximum absolute atomic E-state index is 11.9. The van der Waals surface area contributed by atoms with E-state index in [1.807, 2.05) is 24.3 Å². The van der Waals surface area contributed by atoms with Crippen molar-refractivity contribution in [2.75, 3.05) is 0 Å². The highest BCUT2D eigenvalue weighted by atomic mass is 16.5. The highest BCUT2D eigenvalue weighted by Gasteiger charge is 2.50. The first kappa shape index (κ1) is 12.8. The van der Waals surface area contributed by atoms with Crippen LogP contribution in [0.2, 0.25) is 0 Å². The fourth-order valence-corrected chi connectivity index (χ4v) is 2.30. The lowest BCUT2D eigenvalue weighted by atomic mass is 10.1. The molecule has 104 valence electrons. The summed E-state index contributed by atoms with van der Waals surface area (Å²) in [4.78, 5) is 15.9. The molecule has 0 radical (unpaired) electrons. The quantitative estimate of drug-likeness (QED) is 0.927. The summed E-state index contributed by atoms with van der Waals surface area (Å²) < 4.78 is 4.71. The molecule has 1 aliphatic carbocycles. The van der Waals surface area contributed by atoms with Gasteiger partial charge in [-0.25, -0.2) is 0 Å². The van der Waals surface area contributed by atoms with Crippen LogP contribution in [0.1, 0.15) is 25.8 Å². The molecule has 0 unspecified atom stereocenters. The number of benzene rings is 1. The van der Waals surface area contributed by atoms with E-state index in [4.69, 9.17) is 4.52 Å². The summed E-state index contributed by atoms with van der Waals surface area (Å²) >= 11 is 0. The second-order valence-corrected chi connectivity index (χ2v) is 5.91. The Bertz CT molecular complexity index is 603. The zero-order valence-corrected chi connectivity index (χ0v) is 11.6. The predicted molar refractivity (Wildman–Crippen MR) is 73.5 cm³/mol. The zero-order valence-electron chi connectivity index (χ0n) is 11.6. The monoisotopic (exact) mass is 271 g/mol. The Labute approximate surface area is 117 Å². The molecule has 1 aromatic heterocycles. The highest BCUT2D eigenvalue weighted by molar-refractivity contribution is 5.82. The molecule has 0 aliphatic heterocycles. The molecule has 1 atom stereocenters. The fourth-order valence-electron chi connectivity index (χ4n) is 2.30. The van der Waals surface area contributed by atoms with Crippen molar-refractivity contribution in [2.24, 2.45) is 11.3 Å². The third kappa shape index (κ3) is 2.57. The lowest BCUT2D eigenvalue weighted by molar-refractivity contribution is -0.123. The van der Waals surface area contributed by atoms with E-state index < -0.39 is 0 Å². The first-order valence-corrected chi connectivity index (χ1v) is 6.70. The Hall–Kier alpha value is -2.17. The van der Waals surface area contributed by atoms with Crippen LogP contribution in [0.15, 0.2) is 35.2 Å². The Morgan fingerprint density at radius 3 is 2.65 bits per heavy atom. The Morgan fingerprint density at radius 2 is 2.10 bits per heavy atom. The van der Waals surface area contributed by atoms with Gasteiger partial charge in [0.2, 0.25) is 18.1 Å². The van der Waals surface area contributed by atoms with Crippen LogP contribution in [-0.4, -0.2) is 16.0 Å². The normalized spacial score (nSPS) is 19.6. The van der Waals surface area contributed by atoms with E-state index in [9.17, 15) is 4.79 Å². The summed E-state index contributed by atoms with van der Waals surface area (Å²) in [6, 6.07) is 7.77. The summed E-state index contributed by atoms with van der Waals surface area (Å²) in [6.45, 7) is 4.80. The molecule has 1 N–H and O–H groups in total. The van der Waals surface area contributed by atoms with Gasteiger partial charge < -0.3 is 9.84 Å². The Balaban J connectivity index is 1.58. The van der Waals surface area contributed by atoms with Crippen molar-refractivity contribution in [3.63, 3.8) is 0 Å². The molecular formula is C15H17N3O2. The molecule has 1 heterocycles. The standard InChI is InChI=1S/C15H17N3O2/c1-15(2)7-12(15)14(19)16-8-10-3-5-11(6-4-10)13-17-9-20-18-13/h3-6,9,12H,7-8H2,1-2H3,(H,16,19)/t12-/m0/s1. The van der Waals surface area contributed by atoms with Gasteiger partial charge in [-0.1, -0.05) is 43.3 Å². The average Bonchev–Trinajstić information content (AvgIpc) is 2.87. The molecule has 1 amide bonds. The number of carbonyl (C=O) groups is 1. The van der Waals surface area contributed by atoms with Crippen LogP contribution in [0, 0.1) is 11.3 Å². The second kappa shape index (κ2) is 4.74. The molecule has 20 heavy (non-hydrogen) atoms. The Morgan fingerprint density at radius 1 is 1.40 bits per heavy atom. The van der Waals surface area contributed by atoms with Gasteiger partial charge in [-0.3, -0.25) is 4.79 Å². The summed E-state index contributed by atoms with van der Waals surface area (Å²) in [5.41, 5.74) is 2.13. The minimum atomic E-state index is 0.150. The maximum atomic E-state index is 11.9. The average molecular weight is 271 g/mol. The fraction of sp³-hybridized carbons (Fsp3) is 0.400. The van der Waals surface area contributed by atoms with Crippen LogP contribution in [-0.2, 0) is 11.3 Å². The Kier molecular flexibility index (Phi) is 3.04. The number of hydrogen-bond acceptors (Lipinski definition) is 4. The molecule has 0 spiro atoms. The van der Waals surface area contributed by atoms with E-state index >= 15 is 0 Å². The van der Waals surface area contributed by atoms with E-state index in [0.717, 1.165) is 17.5 Å². The number of rotatable bonds is 4. The second-order valence-electron chi connectivity index (χ2n) is 5.91. The van der Waals surface area contributed by atoms with Crippen molar-refractivity contribution < 1.29 is 9.32 Å². The number of hydrogen-bond donors (Lipinski definition) is 1. The van der Waals surface area contributed by atoms with Crippen molar-refractivity contribution in [1.29, 1.82) is 0 Å². The lowest BCUT2D eigenvalue weighted by Gasteiger charge is -2.07. The number of aromatic nitrogens is 2. The highest BCUT2D eigenvalue weighted by Crippen LogP contribution is 2.51. The van der Waals surface area contributed by atoms with Crippen molar-refractivity contribution in [1.82, 2.24) is 15.5 Å². The van der Waals surface area contributed by atoms with Crippen LogP contribution in [0.4, 0.5) is 0 Å². The van der Waals surface area contributed by atoms with E-state index in [1.54, 1.807) is 0 Å². The van der Waals surface area contributed by atoms with Gasteiger partial charge in [-0.2, -0.15) is 4.98 Å². The molecule has 1 aliphatic rings. The molecular weight excluding hydrogens is 254 g/mol. The first-order valence-electron chi connectivity index (χ1n) is 6.70. The molecule has 0 bridgehead atoms. The van der Waals surface area contributed by atoms with E-state index in [-0.39, 0.29) is 17.2 Å². The third-order valence-electron chi connectivity index (χ3n) is 3.87. The number of nitrogens with one attached hydrogen (secondary N) is 1. The molecule has 5 nitrogen and oxygen atoms in total.